The minimum absolute atomic E-state index is 0.0149. The second kappa shape index (κ2) is 8.38. The number of aliphatic carboxylic acids is 1. The molecule has 0 aliphatic heterocycles. The van der Waals surface area contributed by atoms with Crippen LogP contribution in [0.15, 0.2) is 24.3 Å². The number of amides is 1. The summed E-state index contributed by atoms with van der Waals surface area (Å²) >= 11 is 0. The predicted molar refractivity (Wildman–Crippen MR) is 80.4 cm³/mol. The molecular weight excluding hydrogens is 310 g/mol. The number of carboxylic acid groups (broad SMARTS) is 1. The molecule has 0 aliphatic rings. The Bertz CT molecular complexity index is 626. The fourth-order valence-electron chi connectivity index (χ4n) is 1.67. The van der Waals surface area contributed by atoms with E-state index >= 15 is 0 Å². The molecule has 1 rings (SSSR count). The van der Waals surface area contributed by atoms with Crippen LogP contribution in [0.1, 0.15) is 18.4 Å². The van der Waals surface area contributed by atoms with Gasteiger partial charge in [-0.3, -0.25) is 4.79 Å². The van der Waals surface area contributed by atoms with Crippen molar-refractivity contribution in [1.82, 2.24) is 5.32 Å². The number of hydrogen-bond donors (Lipinski definition) is 2. The minimum atomic E-state index is -3.05. The highest BCUT2D eigenvalue weighted by Gasteiger charge is 2.06. The van der Waals surface area contributed by atoms with Gasteiger partial charge in [-0.15, -0.1) is 0 Å². The number of carbonyl (C=O) groups is 2. The first-order valence-electron chi connectivity index (χ1n) is 6.64. The van der Waals surface area contributed by atoms with Crippen molar-refractivity contribution in [1.29, 1.82) is 0 Å². The van der Waals surface area contributed by atoms with E-state index < -0.39 is 22.4 Å². The van der Waals surface area contributed by atoms with Gasteiger partial charge in [0.05, 0.1) is 5.75 Å². The topological polar surface area (TPSA) is 110 Å². The fourth-order valence-corrected chi connectivity index (χ4v) is 2.34. The van der Waals surface area contributed by atoms with E-state index in [2.05, 4.69) is 5.32 Å². The Labute approximate surface area is 129 Å². The standard InChI is InChI=1S/C14H19NO6S/c1-22(19,20)7-3-6-13(16)15-9-11-4-2-5-12(8-11)21-10-14(17)18/h2,4-5,8H,3,6-7,9-10H2,1H3,(H,15,16)(H,17,18). The summed E-state index contributed by atoms with van der Waals surface area (Å²) in [5.74, 6) is -0.907. The third-order valence-corrected chi connectivity index (χ3v) is 3.70. The van der Waals surface area contributed by atoms with E-state index in [4.69, 9.17) is 9.84 Å². The summed E-state index contributed by atoms with van der Waals surface area (Å²) in [5, 5.41) is 11.2. The number of rotatable bonds is 9. The third-order valence-electron chi connectivity index (χ3n) is 2.67. The molecule has 0 aromatic heterocycles. The van der Waals surface area contributed by atoms with E-state index in [1.165, 1.54) is 0 Å². The zero-order valence-corrected chi connectivity index (χ0v) is 13.1. The average Bonchev–Trinajstić information content (AvgIpc) is 2.42. The lowest BCUT2D eigenvalue weighted by Gasteiger charge is -2.08. The molecule has 0 aliphatic carbocycles. The first kappa shape index (κ1) is 18.0. The highest BCUT2D eigenvalue weighted by molar-refractivity contribution is 7.90. The van der Waals surface area contributed by atoms with E-state index in [1.54, 1.807) is 24.3 Å². The molecule has 0 atom stereocenters. The molecule has 0 bridgehead atoms. The van der Waals surface area contributed by atoms with Crippen molar-refractivity contribution < 1.29 is 27.9 Å². The van der Waals surface area contributed by atoms with Crippen LogP contribution in [-0.4, -0.2) is 44.0 Å². The summed E-state index contributed by atoms with van der Waals surface area (Å²) in [6, 6.07) is 6.73. The number of ether oxygens (including phenoxy) is 1. The molecule has 0 unspecified atom stereocenters. The Hall–Kier alpha value is -2.09. The molecule has 0 heterocycles. The first-order valence-corrected chi connectivity index (χ1v) is 8.70. The predicted octanol–water partition coefficient (Wildman–Crippen LogP) is 0.591. The van der Waals surface area contributed by atoms with Gasteiger partial charge in [0.1, 0.15) is 15.6 Å². The Morgan fingerprint density at radius 3 is 2.68 bits per heavy atom. The summed E-state index contributed by atoms with van der Waals surface area (Å²) < 4.78 is 26.9. The first-order chi connectivity index (χ1) is 10.3. The van der Waals surface area contributed by atoms with Gasteiger partial charge in [-0.25, -0.2) is 13.2 Å². The van der Waals surface area contributed by atoms with Gasteiger partial charge in [0.2, 0.25) is 5.91 Å². The van der Waals surface area contributed by atoms with Gasteiger partial charge in [-0.05, 0) is 24.1 Å². The van der Waals surface area contributed by atoms with Crippen molar-refractivity contribution in [3.63, 3.8) is 0 Å². The molecule has 22 heavy (non-hydrogen) atoms. The molecule has 0 radical (unpaired) electrons. The zero-order chi connectivity index (χ0) is 16.6. The average molecular weight is 329 g/mol. The molecule has 0 saturated carbocycles. The SMILES string of the molecule is CS(=O)(=O)CCCC(=O)NCc1cccc(OCC(=O)O)c1. The van der Waals surface area contributed by atoms with Gasteiger partial charge in [-0.2, -0.15) is 0 Å². The lowest BCUT2D eigenvalue weighted by atomic mass is 10.2. The van der Waals surface area contributed by atoms with Crippen LogP contribution in [0, 0.1) is 0 Å². The van der Waals surface area contributed by atoms with E-state index in [9.17, 15) is 18.0 Å². The lowest BCUT2D eigenvalue weighted by molar-refractivity contribution is -0.139. The summed E-state index contributed by atoms with van der Waals surface area (Å²) in [6.45, 7) is -0.163. The Morgan fingerprint density at radius 2 is 2.05 bits per heavy atom. The highest BCUT2D eigenvalue weighted by atomic mass is 32.2. The summed E-state index contributed by atoms with van der Waals surface area (Å²) in [6.07, 6.45) is 1.56. The molecular formula is C14H19NO6S. The van der Waals surface area contributed by atoms with Crippen LogP contribution < -0.4 is 10.1 Å². The fraction of sp³-hybridized carbons (Fsp3) is 0.429. The number of carbonyl (C=O) groups excluding carboxylic acids is 1. The summed E-state index contributed by atoms with van der Waals surface area (Å²) in [7, 11) is -3.05. The molecule has 1 aromatic carbocycles. The van der Waals surface area contributed by atoms with Gasteiger partial charge in [-0.1, -0.05) is 12.1 Å². The minimum Gasteiger partial charge on any atom is -0.482 e. The van der Waals surface area contributed by atoms with Crippen molar-refractivity contribution in [2.45, 2.75) is 19.4 Å². The van der Waals surface area contributed by atoms with Crippen molar-refractivity contribution >= 4 is 21.7 Å². The normalized spacial score (nSPS) is 11.0. The van der Waals surface area contributed by atoms with Crippen LogP contribution in [0.2, 0.25) is 0 Å². The Morgan fingerprint density at radius 1 is 1.32 bits per heavy atom. The van der Waals surface area contributed by atoms with E-state index in [-0.39, 0.29) is 31.0 Å². The Balaban J connectivity index is 2.39. The van der Waals surface area contributed by atoms with Gasteiger partial charge in [0.15, 0.2) is 6.61 Å². The number of benzene rings is 1. The molecule has 8 heteroatoms. The van der Waals surface area contributed by atoms with Crippen molar-refractivity contribution in [2.24, 2.45) is 0 Å². The molecule has 1 aromatic rings. The Kier molecular flexibility index (Phi) is 6.84. The van der Waals surface area contributed by atoms with Crippen LogP contribution >= 0.6 is 0 Å². The second-order valence-corrected chi connectivity index (χ2v) is 7.10. The number of carboxylic acids is 1. The van der Waals surface area contributed by atoms with E-state index in [1.807, 2.05) is 0 Å². The zero-order valence-electron chi connectivity index (χ0n) is 12.2. The molecule has 0 saturated heterocycles. The maximum Gasteiger partial charge on any atom is 0.341 e. The largest absolute Gasteiger partial charge is 0.482 e. The van der Waals surface area contributed by atoms with Crippen LogP contribution in [0.25, 0.3) is 0 Å². The van der Waals surface area contributed by atoms with Gasteiger partial charge in [0.25, 0.3) is 0 Å². The van der Waals surface area contributed by atoms with Gasteiger partial charge in [0, 0.05) is 19.2 Å². The van der Waals surface area contributed by atoms with E-state index in [0.29, 0.717) is 5.75 Å². The summed E-state index contributed by atoms with van der Waals surface area (Å²) in [5.41, 5.74) is 0.763. The third kappa shape index (κ3) is 8.25. The summed E-state index contributed by atoms with van der Waals surface area (Å²) in [4.78, 5) is 22.0. The number of hydrogen-bond acceptors (Lipinski definition) is 5. The number of nitrogens with one attached hydrogen (secondary N) is 1. The lowest BCUT2D eigenvalue weighted by Crippen LogP contribution is -2.23. The van der Waals surface area contributed by atoms with Crippen LogP contribution in [0.4, 0.5) is 0 Å². The molecule has 2 N–H and O–H groups in total. The maximum atomic E-state index is 11.6. The quantitative estimate of drug-likeness (QED) is 0.686. The molecule has 1 amide bonds. The van der Waals surface area contributed by atoms with Crippen LogP contribution in [0.5, 0.6) is 5.75 Å². The molecule has 122 valence electrons. The smallest absolute Gasteiger partial charge is 0.341 e. The van der Waals surface area contributed by atoms with Crippen LogP contribution in [0.3, 0.4) is 0 Å². The van der Waals surface area contributed by atoms with Gasteiger partial charge < -0.3 is 15.2 Å². The molecule has 0 fully saturated rings. The molecule has 7 nitrogen and oxygen atoms in total. The van der Waals surface area contributed by atoms with Gasteiger partial charge >= 0.3 is 5.97 Å². The van der Waals surface area contributed by atoms with Crippen molar-refractivity contribution in [3.05, 3.63) is 29.8 Å². The maximum absolute atomic E-state index is 11.6. The van der Waals surface area contributed by atoms with E-state index in [0.717, 1.165) is 11.8 Å². The van der Waals surface area contributed by atoms with Crippen molar-refractivity contribution in [2.75, 3.05) is 18.6 Å². The van der Waals surface area contributed by atoms with Crippen molar-refractivity contribution in [3.8, 4) is 5.75 Å². The monoisotopic (exact) mass is 329 g/mol. The molecule has 0 spiro atoms. The highest BCUT2D eigenvalue weighted by Crippen LogP contribution is 2.13. The van der Waals surface area contributed by atoms with Crippen LogP contribution in [-0.2, 0) is 26.0 Å². The second-order valence-electron chi connectivity index (χ2n) is 4.84. The number of sulfone groups is 1.